The summed E-state index contributed by atoms with van der Waals surface area (Å²) in [7, 11) is 0. The van der Waals surface area contributed by atoms with Gasteiger partial charge in [0.15, 0.2) is 0 Å². The summed E-state index contributed by atoms with van der Waals surface area (Å²) < 4.78 is 41.0. The summed E-state index contributed by atoms with van der Waals surface area (Å²) in [6.07, 6.45) is 3.70. The van der Waals surface area contributed by atoms with Crippen LogP contribution >= 0.6 is 0 Å². The van der Waals surface area contributed by atoms with Crippen LogP contribution in [0.3, 0.4) is 0 Å². The van der Waals surface area contributed by atoms with Crippen molar-refractivity contribution in [3.05, 3.63) is 59.1 Å². The maximum absolute atomic E-state index is 13.0. The minimum atomic E-state index is -4.44. The highest BCUT2D eigenvalue weighted by Gasteiger charge is 2.32. The van der Waals surface area contributed by atoms with E-state index in [9.17, 15) is 13.2 Å². The zero-order valence-corrected chi connectivity index (χ0v) is 17.4. The van der Waals surface area contributed by atoms with Crippen LogP contribution in [0.2, 0.25) is 0 Å². The van der Waals surface area contributed by atoms with E-state index in [1.54, 1.807) is 0 Å². The van der Waals surface area contributed by atoms with E-state index in [4.69, 9.17) is 0 Å². The second-order valence-corrected chi connectivity index (χ2v) is 8.44. The number of allylic oxidation sites excluding steroid dienone is 3. The molecule has 0 radical (unpaired) electrons. The lowest BCUT2D eigenvalue weighted by Gasteiger charge is -2.25. The average Bonchev–Trinajstić information content (AvgIpc) is 3.32. The molecule has 1 aliphatic carbocycles. The summed E-state index contributed by atoms with van der Waals surface area (Å²) in [6.45, 7) is 7.72. The number of rotatable bonds is 5. The molecule has 1 atom stereocenters. The smallest absolute Gasteiger partial charge is 0.361 e. The van der Waals surface area contributed by atoms with Crippen LogP contribution in [0.25, 0.3) is 5.57 Å². The van der Waals surface area contributed by atoms with Gasteiger partial charge in [0, 0.05) is 18.3 Å². The van der Waals surface area contributed by atoms with Crippen LogP contribution in [0.15, 0.2) is 36.6 Å². The van der Waals surface area contributed by atoms with Crippen LogP contribution in [-0.2, 0) is 19.4 Å². The predicted molar refractivity (Wildman–Crippen MR) is 112 cm³/mol. The van der Waals surface area contributed by atoms with Gasteiger partial charge in [0.25, 0.3) is 0 Å². The molecule has 0 aromatic carbocycles. The van der Waals surface area contributed by atoms with Gasteiger partial charge in [-0.1, -0.05) is 20.4 Å². The Kier molecular flexibility index (Phi) is 5.47. The summed E-state index contributed by atoms with van der Waals surface area (Å²) in [4.78, 5) is 4.57. The third-order valence-corrected chi connectivity index (χ3v) is 5.98. The molecule has 7 heteroatoms. The summed E-state index contributed by atoms with van der Waals surface area (Å²) >= 11 is 0. The van der Waals surface area contributed by atoms with E-state index in [0.29, 0.717) is 11.3 Å². The molecule has 4 nitrogen and oxygen atoms in total. The van der Waals surface area contributed by atoms with Crippen molar-refractivity contribution in [3.63, 3.8) is 0 Å². The third-order valence-electron chi connectivity index (χ3n) is 5.98. The first-order chi connectivity index (χ1) is 14.2. The largest absolute Gasteiger partial charge is 0.415 e. The summed E-state index contributed by atoms with van der Waals surface area (Å²) in [5.41, 5.74) is 3.93. The number of aromatic nitrogens is 3. The molecular weight excluding hydrogens is 389 g/mol. The number of hydrogen-bond acceptors (Lipinski definition) is 3. The van der Waals surface area contributed by atoms with Gasteiger partial charge in [-0.3, -0.25) is 4.68 Å². The molecule has 2 aromatic rings. The number of nitrogens with one attached hydrogen (secondary N) is 1. The van der Waals surface area contributed by atoms with Crippen molar-refractivity contribution in [2.24, 2.45) is 5.92 Å². The van der Waals surface area contributed by atoms with Gasteiger partial charge in [-0.05, 0) is 72.9 Å². The van der Waals surface area contributed by atoms with Gasteiger partial charge in [-0.15, -0.1) is 0 Å². The number of pyridine rings is 1. The van der Waals surface area contributed by atoms with Gasteiger partial charge in [0.05, 0.1) is 17.4 Å². The van der Waals surface area contributed by atoms with E-state index in [0.717, 1.165) is 56.2 Å². The van der Waals surface area contributed by atoms with Gasteiger partial charge in [-0.2, -0.15) is 18.3 Å². The lowest BCUT2D eigenvalue weighted by Crippen LogP contribution is -2.22. The number of fused-ring (bicyclic) bond motifs is 2. The maximum Gasteiger partial charge on any atom is 0.415 e. The Bertz CT molecular complexity index is 985. The average molecular weight is 416 g/mol. The standard InChI is InChI=1S/C23H27F3N4/c1-14(2)18(12-15(3)23(24,25)26)20-13-21-19(8-5-11-30(21)29-20)28-22-17-7-4-6-16(17)9-10-27-22/h9-10,12-14,19H,3-8,11H2,1-2H3,(H,27,28)/b18-12+. The Morgan fingerprint density at radius 1 is 1.30 bits per heavy atom. The Balaban J connectivity index is 1.65. The zero-order chi connectivity index (χ0) is 21.5. The molecule has 1 unspecified atom stereocenters. The molecular formula is C23H27F3N4. The number of hydrogen-bond donors (Lipinski definition) is 1. The zero-order valence-electron chi connectivity index (χ0n) is 17.4. The van der Waals surface area contributed by atoms with Gasteiger partial charge in [-0.25, -0.2) is 4.98 Å². The lowest BCUT2D eigenvalue weighted by molar-refractivity contribution is -0.0877. The van der Waals surface area contributed by atoms with Crippen molar-refractivity contribution in [2.45, 2.75) is 64.7 Å². The first kappa shape index (κ1) is 20.7. The van der Waals surface area contributed by atoms with E-state index in [2.05, 4.69) is 28.0 Å². The van der Waals surface area contributed by atoms with Gasteiger partial charge < -0.3 is 5.32 Å². The molecule has 0 spiro atoms. The molecule has 4 rings (SSSR count). The quantitative estimate of drug-likeness (QED) is 0.620. The van der Waals surface area contributed by atoms with E-state index in [-0.39, 0.29) is 12.0 Å². The topological polar surface area (TPSA) is 42.7 Å². The molecule has 0 bridgehead atoms. The Morgan fingerprint density at radius 3 is 2.83 bits per heavy atom. The second-order valence-electron chi connectivity index (χ2n) is 8.44. The van der Waals surface area contributed by atoms with E-state index in [1.165, 1.54) is 11.1 Å². The van der Waals surface area contributed by atoms with Gasteiger partial charge >= 0.3 is 6.18 Å². The number of nitrogens with zero attached hydrogens (tertiary/aromatic N) is 3. The van der Waals surface area contributed by atoms with E-state index in [1.807, 2.05) is 30.8 Å². The second kappa shape index (κ2) is 7.93. The Labute approximate surface area is 174 Å². The van der Waals surface area contributed by atoms with Gasteiger partial charge in [0.1, 0.15) is 5.82 Å². The minimum absolute atomic E-state index is 0.0406. The third kappa shape index (κ3) is 4.02. The molecule has 1 N–H and O–H groups in total. The van der Waals surface area contributed by atoms with Crippen molar-refractivity contribution in [1.82, 2.24) is 14.8 Å². The fourth-order valence-electron chi connectivity index (χ4n) is 4.37. The molecule has 0 saturated carbocycles. The van der Waals surface area contributed by atoms with Crippen molar-refractivity contribution >= 4 is 11.4 Å². The van der Waals surface area contributed by atoms with Crippen molar-refractivity contribution < 1.29 is 13.2 Å². The molecule has 1 aliphatic heterocycles. The molecule has 160 valence electrons. The monoisotopic (exact) mass is 416 g/mol. The van der Waals surface area contributed by atoms with Crippen LogP contribution < -0.4 is 5.32 Å². The number of alkyl halides is 3. The van der Waals surface area contributed by atoms with E-state index < -0.39 is 11.7 Å². The van der Waals surface area contributed by atoms with E-state index >= 15 is 0 Å². The fourth-order valence-corrected chi connectivity index (χ4v) is 4.37. The van der Waals surface area contributed by atoms with Crippen LogP contribution in [0, 0.1) is 5.92 Å². The summed E-state index contributed by atoms with van der Waals surface area (Å²) in [5, 5.41) is 8.25. The first-order valence-corrected chi connectivity index (χ1v) is 10.5. The minimum Gasteiger partial charge on any atom is -0.361 e. The van der Waals surface area contributed by atoms with Crippen LogP contribution in [0.1, 0.15) is 61.7 Å². The Hall–Kier alpha value is -2.57. The number of halogens is 3. The highest BCUT2D eigenvalue weighted by molar-refractivity contribution is 5.67. The fraction of sp³-hybridized carbons (Fsp3) is 0.478. The summed E-state index contributed by atoms with van der Waals surface area (Å²) in [6, 6.07) is 4.05. The van der Waals surface area contributed by atoms with Gasteiger partial charge in [0.2, 0.25) is 0 Å². The highest BCUT2D eigenvalue weighted by atomic mass is 19.4. The molecule has 2 aliphatic rings. The Morgan fingerprint density at radius 2 is 2.10 bits per heavy atom. The number of anilines is 1. The van der Waals surface area contributed by atoms with Crippen LogP contribution in [-0.4, -0.2) is 20.9 Å². The summed E-state index contributed by atoms with van der Waals surface area (Å²) in [5.74, 6) is 0.822. The van der Waals surface area contributed by atoms with Crippen LogP contribution in [0.4, 0.5) is 19.0 Å². The molecule has 2 aromatic heterocycles. The number of aryl methyl sites for hydroxylation is 2. The normalized spacial score (nSPS) is 19.0. The molecule has 0 saturated heterocycles. The first-order valence-electron chi connectivity index (χ1n) is 10.5. The molecule has 0 fully saturated rings. The van der Waals surface area contributed by atoms with Crippen molar-refractivity contribution in [3.8, 4) is 0 Å². The molecule has 30 heavy (non-hydrogen) atoms. The predicted octanol–water partition coefficient (Wildman–Crippen LogP) is 5.87. The van der Waals surface area contributed by atoms with Crippen molar-refractivity contribution in [1.29, 1.82) is 0 Å². The highest BCUT2D eigenvalue weighted by Crippen LogP contribution is 2.36. The molecule has 3 heterocycles. The van der Waals surface area contributed by atoms with Crippen molar-refractivity contribution in [2.75, 3.05) is 5.32 Å². The lowest BCUT2D eigenvalue weighted by atomic mass is 9.96. The maximum atomic E-state index is 13.0. The SMILES string of the molecule is C=C(/C=C(/c1cc2n(n1)CCCC2Nc1nccc2c1CCC2)C(C)C)C(F)(F)F. The van der Waals surface area contributed by atoms with Crippen LogP contribution in [0.5, 0.6) is 0 Å². The molecule has 0 amide bonds.